The molecule has 0 aliphatic rings. The van der Waals surface area contributed by atoms with Gasteiger partial charge in [-0.2, -0.15) is 0 Å². The topological polar surface area (TPSA) is 37.8 Å². The first-order chi connectivity index (χ1) is 7.42. The molecule has 0 saturated heterocycles. The molecule has 0 aliphatic heterocycles. The lowest BCUT2D eigenvalue weighted by Gasteiger charge is -2.07. The van der Waals surface area contributed by atoms with Crippen LogP contribution in [0.2, 0.25) is 0 Å². The standard InChI is InChI=1S/C12H11N3/c1-2-15-12-9-14-7-5-11(12)10-4-3-6-13-8-10/h2-9,15H,1H2. The number of rotatable bonds is 3. The van der Waals surface area contributed by atoms with Gasteiger partial charge in [0.2, 0.25) is 0 Å². The largest absolute Gasteiger partial charge is 0.361 e. The average molecular weight is 197 g/mol. The van der Waals surface area contributed by atoms with E-state index in [1.807, 2.05) is 24.4 Å². The quantitative estimate of drug-likeness (QED) is 0.822. The maximum absolute atomic E-state index is 4.09. The van der Waals surface area contributed by atoms with Crippen LogP contribution in [0, 0.1) is 0 Å². The van der Waals surface area contributed by atoms with Gasteiger partial charge < -0.3 is 5.32 Å². The molecule has 0 amide bonds. The van der Waals surface area contributed by atoms with E-state index in [0.29, 0.717) is 0 Å². The highest BCUT2D eigenvalue weighted by atomic mass is 14.9. The smallest absolute Gasteiger partial charge is 0.0646 e. The Labute approximate surface area is 88.5 Å². The molecule has 0 unspecified atom stereocenters. The number of pyridine rings is 2. The molecule has 74 valence electrons. The van der Waals surface area contributed by atoms with Crippen molar-refractivity contribution in [2.24, 2.45) is 0 Å². The number of nitrogens with one attached hydrogen (secondary N) is 1. The highest BCUT2D eigenvalue weighted by molar-refractivity contribution is 5.76. The van der Waals surface area contributed by atoms with Gasteiger partial charge in [0, 0.05) is 29.7 Å². The second kappa shape index (κ2) is 4.37. The van der Waals surface area contributed by atoms with E-state index in [1.165, 1.54) is 0 Å². The van der Waals surface area contributed by atoms with Crippen molar-refractivity contribution < 1.29 is 0 Å². The first-order valence-corrected chi connectivity index (χ1v) is 4.63. The van der Waals surface area contributed by atoms with E-state index < -0.39 is 0 Å². The van der Waals surface area contributed by atoms with Crippen LogP contribution in [0.1, 0.15) is 0 Å². The van der Waals surface area contributed by atoms with Gasteiger partial charge in [-0.3, -0.25) is 9.97 Å². The Kier molecular flexibility index (Phi) is 2.74. The minimum atomic E-state index is 0.931. The number of anilines is 1. The Hall–Kier alpha value is -2.16. The van der Waals surface area contributed by atoms with Crippen molar-refractivity contribution in [3.05, 3.63) is 55.8 Å². The van der Waals surface area contributed by atoms with Crippen molar-refractivity contribution in [1.82, 2.24) is 9.97 Å². The summed E-state index contributed by atoms with van der Waals surface area (Å²) in [6, 6.07) is 5.87. The molecule has 0 aliphatic carbocycles. The van der Waals surface area contributed by atoms with Crippen LogP contribution in [0.25, 0.3) is 11.1 Å². The fourth-order valence-electron chi connectivity index (χ4n) is 1.39. The molecule has 0 spiro atoms. The SMILES string of the molecule is C=CNc1cnccc1-c1cccnc1. The fraction of sp³-hybridized carbons (Fsp3) is 0. The predicted octanol–water partition coefficient (Wildman–Crippen LogP) is 2.70. The van der Waals surface area contributed by atoms with Crippen molar-refractivity contribution in [2.75, 3.05) is 5.32 Å². The van der Waals surface area contributed by atoms with Gasteiger partial charge in [0.15, 0.2) is 0 Å². The molecule has 15 heavy (non-hydrogen) atoms. The van der Waals surface area contributed by atoms with E-state index in [0.717, 1.165) is 16.8 Å². The lowest BCUT2D eigenvalue weighted by molar-refractivity contribution is 1.30. The van der Waals surface area contributed by atoms with Gasteiger partial charge in [0.05, 0.1) is 11.9 Å². The Morgan fingerprint density at radius 2 is 2.00 bits per heavy atom. The average Bonchev–Trinajstić information content (AvgIpc) is 2.31. The highest BCUT2D eigenvalue weighted by Crippen LogP contribution is 2.25. The molecular formula is C12H11N3. The summed E-state index contributed by atoms with van der Waals surface area (Å²) in [5, 5.41) is 3.05. The van der Waals surface area contributed by atoms with E-state index >= 15 is 0 Å². The third-order valence-electron chi connectivity index (χ3n) is 2.05. The van der Waals surface area contributed by atoms with Crippen LogP contribution in [0.15, 0.2) is 55.8 Å². The zero-order valence-electron chi connectivity index (χ0n) is 8.22. The second-order valence-corrected chi connectivity index (χ2v) is 3.01. The van der Waals surface area contributed by atoms with E-state index in [4.69, 9.17) is 0 Å². The summed E-state index contributed by atoms with van der Waals surface area (Å²) < 4.78 is 0. The third-order valence-corrected chi connectivity index (χ3v) is 2.05. The van der Waals surface area contributed by atoms with Gasteiger partial charge in [0.25, 0.3) is 0 Å². The molecule has 2 heterocycles. The summed E-state index contributed by atoms with van der Waals surface area (Å²) in [4.78, 5) is 8.15. The zero-order chi connectivity index (χ0) is 10.5. The predicted molar refractivity (Wildman–Crippen MR) is 61.3 cm³/mol. The maximum Gasteiger partial charge on any atom is 0.0646 e. The first-order valence-electron chi connectivity index (χ1n) is 4.63. The van der Waals surface area contributed by atoms with Crippen LogP contribution in [0.3, 0.4) is 0 Å². The van der Waals surface area contributed by atoms with Crippen LogP contribution >= 0.6 is 0 Å². The van der Waals surface area contributed by atoms with Gasteiger partial charge >= 0.3 is 0 Å². The monoisotopic (exact) mass is 197 g/mol. The Bertz CT molecular complexity index is 451. The lowest BCUT2D eigenvalue weighted by atomic mass is 10.1. The van der Waals surface area contributed by atoms with E-state index in [9.17, 15) is 0 Å². The fourth-order valence-corrected chi connectivity index (χ4v) is 1.39. The molecule has 2 aromatic heterocycles. The van der Waals surface area contributed by atoms with Crippen molar-refractivity contribution >= 4 is 5.69 Å². The molecule has 0 fully saturated rings. The molecule has 1 N–H and O–H groups in total. The summed E-state index contributed by atoms with van der Waals surface area (Å²) in [5.74, 6) is 0. The Morgan fingerprint density at radius 1 is 1.13 bits per heavy atom. The molecule has 0 atom stereocenters. The molecule has 0 bridgehead atoms. The van der Waals surface area contributed by atoms with Crippen molar-refractivity contribution in [3.8, 4) is 11.1 Å². The maximum atomic E-state index is 4.09. The molecule has 3 heteroatoms. The summed E-state index contributed by atoms with van der Waals surface area (Å²) >= 11 is 0. The summed E-state index contributed by atoms with van der Waals surface area (Å²) in [5.41, 5.74) is 3.06. The van der Waals surface area contributed by atoms with Crippen molar-refractivity contribution in [1.29, 1.82) is 0 Å². The van der Waals surface area contributed by atoms with Crippen LogP contribution < -0.4 is 5.32 Å². The van der Waals surface area contributed by atoms with Gasteiger partial charge in [-0.05, 0) is 18.3 Å². The lowest BCUT2D eigenvalue weighted by Crippen LogP contribution is -1.91. The minimum Gasteiger partial charge on any atom is -0.361 e. The Balaban J connectivity index is 2.48. The summed E-state index contributed by atoms with van der Waals surface area (Å²) in [6.07, 6.45) is 8.74. The van der Waals surface area contributed by atoms with E-state index in [1.54, 1.807) is 24.8 Å². The summed E-state index contributed by atoms with van der Waals surface area (Å²) in [6.45, 7) is 3.64. The highest BCUT2D eigenvalue weighted by Gasteiger charge is 2.02. The Morgan fingerprint density at radius 3 is 2.73 bits per heavy atom. The van der Waals surface area contributed by atoms with E-state index in [2.05, 4.69) is 21.9 Å². The second-order valence-electron chi connectivity index (χ2n) is 3.01. The van der Waals surface area contributed by atoms with Gasteiger partial charge in [-0.25, -0.2) is 0 Å². The van der Waals surface area contributed by atoms with Crippen LogP contribution in [0.5, 0.6) is 0 Å². The molecule has 3 nitrogen and oxygen atoms in total. The van der Waals surface area contributed by atoms with Crippen molar-refractivity contribution in [2.45, 2.75) is 0 Å². The van der Waals surface area contributed by atoms with Crippen LogP contribution in [0.4, 0.5) is 5.69 Å². The molecule has 2 rings (SSSR count). The van der Waals surface area contributed by atoms with Gasteiger partial charge in [-0.1, -0.05) is 12.6 Å². The normalized spacial score (nSPS) is 9.60. The minimum absolute atomic E-state index is 0.931. The van der Waals surface area contributed by atoms with E-state index in [-0.39, 0.29) is 0 Å². The van der Waals surface area contributed by atoms with Crippen LogP contribution in [-0.2, 0) is 0 Å². The molecule has 0 saturated carbocycles. The first kappa shape index (κ1) is 9.40. The van der Waals surface area contributed by atoms with Crippen LogP contribution in [-0.4, -0.2) is 9.97 Å². The number of aromatic nitrogens is 2. The molecule has 0 aromatic carbocycles. The summed E-state index contributed by atoms with van der Waals surface area (Å²) in [7, 11) is 0. The zero-order valence-corrected chi connectivity index (χ0v) is 8.22. The molecule has 0 radical (unpaired) electrons. The number of nitrogens with zero attached hydrogens (tertiary/aromatic N) is 2. The molecular weight excluding hydrogens is 186 g/mol. The van der Waals surface area contributed by atoms with Crippen molar-refractivity contribution in [3.63, 3.8) is 0 Å². The molecule has 2 aromatic rings. The third kappa shape index (κ3) is 2.02. The number of hydrogen-bond donors (Lipinski definition) is 1. The van der Waals surface area contributed by atoms with Gasteiger partial charge in [-0.15, -0.1) is 0 Å². The van der Waals surface area contributed by atoms with Gasteiger partial charge in [0.1, 0.15) is 0 Å². The number of hydrogen-bond acceptors (Lipinski definition) is 3.